The van der Waals surface area contributed by atoms with Crippen LogP contribution in [0.1, 0.15) is 15.9 Å². The zero-order valence-corrected chi connectivity index (χ0v) is 7.10. The quantitative estimate of drug-likeness (QED) is 0.708. The van der Waals surface area contributed by atoms with E-state index in [1.165, 1.54) is 19.1 Å². The third kappa shape index (κ3) is 1.72. The molecular formula is C9H9F2NO. The Hall–Kier alpha value is -1.29. The molecule has 4 heteroatoms. The van der Waals surface area contributed by atoms with Crippen molar-refractivity contribution >= 4 is 5.78 Å². The lowest BCUT2D eigenvalue weighted by molar-refractivity contribution is 0.0996. The standard InChI is InChI=1S/C9H9F2NO/c1-5-2-3-6(7(13)4-12)9(11)8(5)10/h2-3H,4,12H2,1H3. The van der Waals surface area contributed by atoms with Gasteiger partial charge in [0, 0.05) is 0 Å². The van der Waals surface area contributed by atoms with Crippen molar-refractivity contribution in [3.8, 4) is 0 Å². The summed E-state index contributed by atoms with van der Waals surface area (Å²) in [4.78, 5) is 11.0. The molecule has 0 heterocycles. The molecule has 2 N–H and O–H groups in total. The van der Waals surface area contributed by atoms with Crippen LogP contribution in [0, 0.1) is 18.6 Å². The van der Waals surface area contributed by atoms with Gasteiger partial charge in [0.05, 0.1) is 12.1 Å². The van der Waals surface area contributed by atoms with Crippen molar-refractivity contribution < 1.29 is 13.6 Å². The van der Waals surface area contributed by atoms with Crippen molar-refractivity contribution in [3.63, 3.8) is 0 Å². The monoisotopic (exact) mass is 185 g/mol. The van der Waals surface area contributed by atoms with E-state index in [4.69, 9.17) is 5.73 Å². The van der Waals surface area contributed by atoms with E-state index in [-0.39, 0.29) is 17.7 Å². The highest BCUT2D eigenvalue weighted by molar-refractivity contribution is 5.97. The van der Waals surface area contributed by atoms with Crippen molar-refractivity contribution in [2.24, 2.45) is 5.73 Å². The highest BCUT2D eigenvalue weighted by Gasteiger charge is 2.15. The van der Waals surface area contributed by atoms with Gasteiger partial charge in [-0.05, 0) is 18.6 Å². The van der Waals surface area contributed by atoms with Crippen LogP contribution in [0.15, 0.2) is 12.1 Å². The summed E-state index contributed by atoms with van der Waals surface area (Å²) in [5.74, 6) is -2.70. The molecule has 2 nitrogen and oxygen atoms in total. The van der Waals surface area contributed by atoms with Crippen LogP contribution >= 0.6 is 0 Å². The summed E-state index contributed by atoms with van der Waals surface area (Å²) >= 11 is 0. The number of hydrogen-bond acceptors (Lipinski definition) is 2. The first-order chi connectivity index (χ1) is 6.07. The molecule has 0 amide bonds. The SMILES string of the molecule is Cc1ccc(C(=O)CN)c(F)c1F. The number of carbonyl (C=O) groups is 1. The molecule has 0 atom stereocenters. The molecule has 0 fully saturated rings. The van der Waals surface area contributed by atoms with E-state index >= 15 is 0 Å². The molecule has 0 aliphatic carbocycles. The van der Waals surface area contributed by atoms with E-state index in [1.807, 2.05) is 0 Å². The van der Waals surface area contributed by atoms with Crippen LogP contribution in [-0.2, 0) is 0 Å². The van der Waals surface area contributed by atoms with Gasteiger partial charge in [0.25, 0.3) is 0 Å². The molecule has 0 unspecified atom stereocenters. The molecule has 0 bridgehead atoms. The summed E-state index contributed by atoms with van der Waals surface area (Å²) in [6.07, 6.45) is 0. The van der Waals surface area contributed by atoms with Gasteiger partial charge >= 0.3 is 0 Å². The van der Waals surface area contributed by atoms with E-state index in [2.05, 4.69) is 0 Å². The maximum absolute atomic E-state index is 13.0. The number of nitrogens with two attached hydrogens (primary N) is 1. The smallest absolute Gasteiger partial charge is 0.179 e. The first-order valence-electron chi connectivity index (χ1n) is 3.75. The molecule has 13 heavy (non-hydrogen) atoms. The molecule has 0 radical (unpaired) electrons. The summed E-state index contributed by atoms with van der Waals surface area (Å²) in [6.45, 7) is 1.11. The molecule has 1 aromatic carbocycles. The number of ketones is 1. The van der Waals surface area contributed by atoms with E-state index in [0.29, 0.717) is 0 Å². The Bertz CT molecular complexity index is 350. The van der Waals surface area contributed by atoms with Crippen LogP contribution in [0.4, 0.5) is 8.78 Å². The summed E-state index contributed by atoms with van der Waals surface area (Å²) in [5.41, 5.74) is 4.91. The average molecular weight is 185 g/mol. The Labute approximate surface area is 74.4 Å². The van der Waals surface area contributed by atoms with Crippen molar-refractivity contribution in [2.75, 3.05) is 6.54 Å². The average Bonchev–Trinajstić information content (AvgIpc) is 2.13. The number of carbonyl (C=O) groups excluding carboxylic acids is 1. The van der Waals surface area contributed by atoms with Crippen molar-refractivity contribution in [1.29, 1.82) is 0 Å². The third-order valence-electron chi connectivity index (χ3n) is 1.76. The van der Waals surface area contributed by atoms with Crippen molar-refractivity contribution in [2.45, 2.75) is 6.92 Å². The predicted molar refractivity (Wildman–Crippen MR) is 44.5 cm³/mol. The second-order valence-electron chi connectivity index (χ2n) is 2.69. The minimum absolute atomic E-state index is 0.172. The third-order valence-corrected chi connectivity index (χ3v) is 1.76. The van der Waals surface area contributed by atoms with Gasteiger partial charge < -0.3 is 5.73 Å². The zero-order chi connectivity index (χ0) is 10.0. The Morgan fingerprint density at radius 3 is 2.54 bits per heavy atom. The molecule has 0 aliphatic heterocycles. The van der Waals surface area contributed by atoms with E-state index in [9.17, 15) is 13.6 Å². The maximum Gasteiger partial charge on any atom is 0.179 e. The highest BCUT2D eigenvalue weighted by Crippen LogP contribution is 2.15. The highest BCUT2D eigenvalue weighted by atomic mass is 19.2. The number of halogens is 2. The fraction of sp³-hybridized carbons (Fsp3) is 0.222. The normalized spacial score (nSPS) is 10.2. The van der Waals surface area contributed by atoms with Crippen LogP contribution in [-0.4, -0.2) is 12.3 Å². The first kappa shape index (κ1) is 9.80. The van der Waals surface area contributed by atoms with E-state index in [0.717, 1.165) is 0 Å². The van der Waals surface area contributed by atoms with Crippen LogP contribution in [0.3, 0.4) is 0 Å². The minimum atomic E-state index is -1.12. The molecule has 0 aliphatic rings. The Kier molecular flexibility index (Phi) is 2.72. The van der Waals surface area contributed by atoms with Crippen LogP contribution in [0.5, 0.6) is 0 Å². The van der Waals surface area contributed by atoms with Gasteiger partial charge in [0.1, 0.15) is 0 Å². The van der Waals surface area contributed by atoms with Crippen molar-refractivity contribution in [3.05, 3.63) is 34.9 Å². The fourth-order valence-corrected chi connectivity index (χ4v) is 0.971. The molecule has 0 saturated carbocycles. The predicted octanol–water partition coefficient (Wildman–Crippen LogP) is 1.41. The Morgan fingerprint density at radius 1 is 1.38 bits per heavy atom. The van der Waals surface area contributed by atoms with Crippen molar-refractivity contribution in [1.82, 2.24) is 0 Å². The topological polar surface area (TPSA) is 43.1 Å². The molecular weight excluding hydrogens is 176 g/mol. The van der Waals surface area contributed by atoms with Gasteiger partial charge in [-0.25, -0.2) is 8.78 Å². The first-order valence-corrected chi connectivity index (χ1v) is 3.75. The second-order valence-corrected chi connectivity index (χ2v) is 2.69. The largest absolute Gasteiger partial charge is 0.324 e. The summed E-state index contributed by atoms with van der Waals surface area (Å²) in [6, 6.07) is 2.59. The zero-order valence-electron chi connectivity index (χ0n) is 7.10. The molecule has 1 aromatic rings. The Morgan fingerprint density at radius 2 is 2.00 bits per heavy atom. The molecule has 0 aromatic heterocycles. The number of hydrogen-bond donors (Lipinski definition) is 1. The van der Waals surface area contributed by atoms with Crippen LogP contribution < -0.4 is 5.73 Å². The summed E-state index contributed by atoms with van der Waals surface area (Å²) in [7, 11) is 0. The molecule has 70 valence electrons. The maximum atomic E-state index is 13.0. The van der Waals surface area contributed by atoms with E-state index in [1.54, 1.807) is 0 Å². The van der Waals surface area contributed by atoms with Gasteiger partial charge in [-0.1, -0.05) is 6.07 Å². The summed E-state index contributed by atoms with van der Waals surface area (Å²) < 4.78 is 26.0. The fourth-order valence-electron chi connectivity index (χ4n) is 0.971. The molecule has 0 spiro atoms. The number of Topliss-reactive ketones (excluding diaryl/α,β-unsaturated/α-hetero) is 1. The van der Waals surface area contributed by atoms with Gasteiger partial charge in [0.2, 0.25) is 0 Å². The van der Waals surface area contributed by atoms with E-state index < -0.39 is 17.4 Å². The van der Waals surface area contributed by atoms with Gasteiger partial charge in [-0.3, -0.25) is 4.79 Å². The Balaban J connectivity index is 3.26. The lowest BCUT2D eigenvalue weighted by Gasteiger charge is -2.02. The van der Waals surface area contributed by atoms with Gasteiger partial charge in [0.15, 0.2) is 17.4 Å². The summed E-state index contributed by atoms with van der Waals surface area (Å²) in [5, 5.41) is 0. The minimum Gasteiger partial charge on any atom is -0.324 e. The second kappa shape index (κ2) is 3.62. The lowest BCUT2D eigenvalue weighted by atomic mass is 10.1. The van der Waals surface area contributed by atoms with Crippen LogP contribution in [0.25, 0.3) is 0 Å². The number of benzene rings is 1. The van der Waals surface area contributed by atoms with Gasteiger partial charge in [-0.2, -0.15) is 0 Å². The number of rotatable bonds is 2. The molecule has 1 rings (SSSR count). The molecule has 0 saturated heterocycles. The van der Waals surface area contributed by atoms with Gasteiger partial charge in [-0.15, -0.1) is 0 Å². The lowest BCUT2D eigenvalue weighted by Crippen LogP contribution is -2.16. The van der Waals surface area contributed by atoms with Crippen LogP contribution in [0.2, 0.25) is 0 Å². The number of aryl methyl sites for hydroxylation is 1.